The summed E-state index contributed by atoms with van der Waals surface area (Å²) in [7, 11) is 1.68. The van der Waals surface area contributed by atoms with Crippen LogP contribution in [-0.4, -0.2) is 36.3 Å². The molecule has 0 radical (unpaired) electrons. The van der Waals surface area contributed by atoms with Gasteiger partial charge in [0, 0.05) is 22.3 Å². The van der Waals surface area contributed by atoms with E-state index in [1.165, 1.54) is 4.90 Å². The van der Waals surface area contributed by atoms with Crippen LogP contribution in [0.2, 0.25) is 0 Å². The van der Waals surface area contributed by atoms with Crippen LogP contribution < -0.4 is 10.6 Å². The summed E-state index contributed by atoms with van der Waals surface area (Å²) in [6, 6.07) is 16.2. The molecule has 37 heavy (non-hydrogen) atoms. The maximum Gasteiger partial charge on any atom is 0.257 e. The zero-order chi connectivity index (χ0) is 26.7. The summed E-state index contributed by atoms with van der Waals surface area (Å²) < 4.78 is 26.3. The molecule has 4 rings (SSSR count). The van der Waals surface area contributed by atoms with Crippen molar-refractivity contribution in [3.63, 3.8) is 0 Å². The average Bonchev–Trinajstić information content (AvgIpc) is 3.38. The molecule has 1 unspecified atom stereocenters. The predicted octanol–water partition coefficient (Wildman–Crippen LogP) is 5.94. The van der Waals surface area contributed by atoms with Crippen LogP contribution in [0.4, 0.5) is 17.3 Å². The quantitative estimate of drug-likeness (QED) is 0.182. The van der Waals surface area contributed by atoms with Gasteiger partial charge >= 0.3 is 0 Å². The number of benzene rings is 2. The number of nitrogens with zero attached hydrogens (tertiary/aromatic N) is 3. The minimum atomic E-state index is -1.83. The second-order valence-electron chi connectivity index (χ2n) is 9.34. The summed E-state index contributed by atoms with van der Waals surface area (Å²) >= 11 is -1.83. The molecule has 3 N–H and O–H groups in total. The predicted molar refractivity (Wildman–Crippen MR) is 144 cm³/mol. The summed E-state index contributed by atoms with van der Waals surface area (Å²) in [5.41, 5.74) is 2.40. The van der Waals surface area contributed by atoms with Gasteiger partial charge < -0.3 is 29.6 Å². The Morgan fingerprint density at radius 3 is 2.46 bits per heavy atom. The first kappa shape index (κ1) is 26.2. The minimum absolute atomic E-state index is 0.123. The fraction of sp³-hybridized carbons (Fsp3) is 0.296. The van der Waals surface area contributed by atoms with Crippen molar-refractivity contribution in [1.82, 2.24) is 13.6 Å². The Balaban J connectivity index is 1.57. The van der Waals surface area contributed by atoms with Crippen molar-refractivity contribution in [3.8, 4) is 5.75 Å². The van der Waals surface area contributed by atoms with Gasteiger partial charge in [-0.05, 0) is 49.1 Å². The Hall–Kier alpha value is -3.89. The molecule has 2 atom stereocenters. The lowest BCUT2D eigenvalue weighted by atomic mass is 10.0. The second-order valence-corrected chi connectivity index (χ2v) is 10.2. The first-order valence-corrected chi connectivity index (χ1v) is 13.0. The molecule has 9 nitrogen and oxygen atoms in total. The van der Waals surface area contributed by atoms with Gasteiger partial charge in [0.05, 0.1) is 17.3 Å². The third kappa shape index (κ3) is 5.92. The number of aromatic nitrogens is 2. The second kappa shape index (κ2) is 11.0. The summed E-state index contributed by atoms with van der Waals surface area (Å²) in [5.74, 6) is 1.60. The van der Waals surface area contributed by atoms with Gasteiger partial charge in [0.25, 0.3) is 5.91 Å². The van der Waals surface area contributed by atoms with E-state index in [1.807, 2.05) is 64.1 Å². The molecular weight excluding hydrogens is 490 g/mol. The fourth-order valence-electron chi connectivity index (χ4n) is 3.99. The van der Waals surface area contributed by atoms with Gasteiger partial charge in [-0.3, -0.25) is 4.79 Å². The largest absolute Gasteiger partial charge is 0.546 e. The maximum absolute atomic E-state index is 13.1. The highest BCUT2D eigenvalue weighted by atomic mass is 32.2. The highest BCUT2D eigenvalue weighted by molar-refractivity contribution is 7.14. The van der Waals surface area contributed by atoms with E-state index in [2.05, 4.69) is 19.4 Å². The number of amides is 1. The highest BCUT2D eigenvalue weighted by Crippen LogP contribution is 2.36. The lowest BCUT2D eigenvalue weighted by Crippen LogP contribution is -2.26. The van der Waals surface area contributed by atoms with Crippen LogP contribution >= 0.6 is 11.1 Å². The monoisotopic (exact) mass is 521 g/mol. The number of hydrogen-bond donors (Lipinski definition) is 3. The third-order valence-electron chi connectivity index (χ3n) is 6.14. The Morgan fingerprint density at radius 2 is 1.81 bits per heavy atom. The first-order chi connectivity index (χ1) is 17.6. The molecular formula is C27H31N5O4S. The topological polar surface area (TPSA) is 127 Å². The van der Waals surface area contributed by atoms with Gasteiger partial charge in [-0.1, -0.05) is 50.2 Å². The molecule has 0 saturated carbocycles. The summed E-state index contributed by atoms with van der Waals surface area (Å²) in [4.78, 5) is 14.6. The van der Waals surface area contributed by atoms with E-state index in [1.54, 1.807) is 25.2 Å². The van der Waals surface area contributed by atoms with Crippen molar-refractivity contribution in [2.24, 2.45) is 5.92 Å². The molecule has 0 aliphatic heterocycles. The SMILES string of the molecule is Cc1cc([C@H](Nc2n[s+]([O-])nc2Nc2cccc(C(=O)N(C)Cc3ccccc3)c2O)C(C)C)oc1C. The lowest BCUT2D eigenvalue weighted by molar-refractivity contribution is 0.0782. The van der Waals surface area contributed by atoms with Gasteiger partial charge in [-0.2, -0.15) is 0 Å². The third-order valence-corrected chi connectivity index (χ3v) is 6.82. The molecule has 0 bridgehead atoms. The van der Waals surface area contributed by atoms with Crippen molar-refractivity contribution in [3.05, 3.63) is 82.8 Å². The van der Waals surface area contributed by atoms with Crippen LogP contribution in [0, 0.1) is 19.8 Å². The van der Waals surface area contributed by atoms with Gasteiger partial charge in [0.1, 0.15) is 11.5 Å². The number of hydrogen-bond acceptors (Lipinski definition) is 8. The van der Waals surface area contributed by atoms with Crippen LogP contribution in [0.15, 0.2) is 59.0 Å². The number of carbonyl (C=O) groups excluding carboxylic acids is 1. The average molecular weight is 522 g/mol. The number of nitrogens with one attached hydrogen (secondary N) is 2. The molecule has 2 aromatic carbocycles. The van der Waals surface area contributed by atoms with E-state index >= 15 is 0 Å². The summed E-state index contributed by atoms with van der Waals surface area (Å²) in [6.07, 6.45) is 0. The number of anilines is 3. The number of para-hydroxylation sites is 1. The van der Waals surface area contributed by atoms with Crippen molar-refractivity contribution in [2.75, 3.05) is 17.7 Å². The highest BCUT2D eigenvalue weighted by Gasteiger charge is 2.27. The van der Waals surface area contributed by atoms with Crippen LogP contribution in [-0.2, 0) is 6.54 Å². The standard InChI is InChI=1S/C27H31N5O4S/c1-16(2)23(22-14-17(3)18(4)36-22)29-26-25(30-37(35)31-26)28-21-13-9-12-20(24(21)33)27(34)32(5)15-19-10-7-6-8-11-19/h6-14,16,23,33H,15H2,1-5H3,(H,28,30)(H,29,31)/t23-,37?/m1/s1. The number of carbonyl (C=O) groups is 1. The number of aryl methyl sites for hydroxylation is 2. The van der Waals surface area contributed by atoms with Crippen molar-refractivity contribution in [1.29, 1.82) is 0 Å². The van der Waals surface area contributed by atoms with Crippen LogP contribution in [0.5, 0.6) is 5.75 Å². The molecule has 1 amide bonds. The lowest BCUT2D eigenvalue weighted by Gasteiger charge is -2.20. The van der Waals surface area contributed by atoms with Gasteiger partial charge in [0.15, 0.2) is 16.9 Å². The minimum Gasteiger partial charge on any atom is -0.546 e. The Kier molecular flexibility index (Phi) is 7.80. The zero-order valence-corrected chi connectivity index (χ0v) is 22.3. The molecule has 0 spiro atoms. The smallest absolute Gasteiger partial charge is 0.257 e. The van der Waals surface area contributed by atoms with E-state index < -0.39 is 11.1 Å². The Morgan fingerprint density at radius 1 is 1.11 bits per heavy atom. The molecule has 0 aliphatic rings. The zero-order valence-electron chi connectivity index (χ0n) is 21.5. The van der Waals surface area contributed by atoms with Gasteiger partial charge in [-0.15, -0.1) is 0 Å². The molecule has 0 saturated heterocycles. The molecule has 194 valence electrons. The molecule has 0 fully saturated rings. The Labute approximate surface area is 219 Å². The molecule has 2 heterocycles. The summed E-state index contributed by atoms with van der Waals surface area (Å²) in [5, 5.41) is 17.2. The van der Waals surface area contributed by atoms with E-state index in [4.69, 9.17) is 4.42 Å². The van der Waals surface area contributed by atoms with Crippen molar-refractivity contribution >= 4 is 34.4 Å². The van der Waals surface area contributed by atoms with E-state index in [0.29, 0.717) is 6.54 Å². The Bertz CT molecular complexity index is 1360. The van der Waals surface area contributed by atoms with E-state index in [-0.39, 0.29) is 46.5 Å². The molecule has 4 aromatic rings. The number of rotatable bonds is 9. The maximum atomic E-state index is 13.1. The van der Waals surface area contributed by atoms with Crippen LogP contribution in [0.25, 0.3) is 0 Å². The number of phenolic OH excluding ortho intramolecular Hbond substituents is 1. The van der Waals surface area contributed by atoms with Gasteiger partial charge in [0.2, 0.25) is 11.6 Å². The molecule has 10 heteroatoms. The van der Waals surface area contributed by atoms with E-state index in [0.717, 1.165) is 22.6 Å². The summed E-state index contributed by atoms with van der Waals surface area (Å²) in [6.45, 7) is 8.35. The van der Waals surface area contributed by atoms with Crippen LogP contribution in [0.3, 0.4) is 0 Å². The number of phenols is 1. The van der Waals surface area contributed by atoms with Gasteiger partial charge in [-0.25, -0.2) is 0 Å². The van der Waals surface area contributed by atoms with Crippen molar-refractivity contribution in [2.45, 2.75) is 40.3 Å². The molecule has 0 aliphatic carbocycles. The first-order valence-electron chi connectivity index (χ1n) is 12.0. The number of furan rings is 1. The van der Waals surface area contributed by atoms with Crippen molar-refractivity contribution < 1.29 is 18.9 Å². The number of aromatic hydroxyl groups is 1. The fourth-order valence-corrected chi connectivity index (χ4v) is 4.61. The van der Waals surface area contributed by atoms with E-state index in [9.17, 15) is 14.5 Å². The van der Waals surface area contributed by atoms with Crippen LogP contribution in [0.1, 0.15) is 52.9 Å². The molecule has 2 aromatic heterocycles. The normalized spacial score (nSPS) is 12.5.